The van der Waals surface area contributed by atoms with Crippen molar-refractivity contribution >= 4 is 11.7 Å². The first-order valence-electron chi connectivity index (χ1n) is 12.6. The van der Waals surface area contributed by atoms with Crippen LogP contribution in [0.5, 0.6) is 11.5 Å². The van der Waals surface area contributed by atoms with Crippen molar-refractivity contribution in [2.45, 2.75) is 44.9 Å². The summed E-state index contributed by atoms with van der Waals surface area (Å²) in [6.07, 6.45) is 0.636. The minimum absolute atomic E-state index is 0.171. The first-order valence-corrected chi connectivity index (χ1v) is 12.6. The molecule has 0 saturated carbocycles. The highest BCUT2D eigenvalue weighted by molar-refractivity contribution is 5.83. The topological polar surface area (TPSA) is 86.3 Å². The first-order chi connectivity index (χ1) is 17.9. The zero-order valence-electron chi connectivity index (χ0n) is 21.5. The lowest BCUT2D eigenvalue weighted by Crippen LogP contribution is -2.50. The number of hydrogen-bond donors (Lipinski definition) is 2. The fourth-order valence-electron chi connectivity index (χ4n) is 5.12. The molecule has 2 aliphatic rings. The number of fused-ring (bicyclic) bond motifs is 1. The summed E-state index contributed by atoms with van der Waals surface area (Å²) in [5.74, 6) is 0.815. The van der Waals surface area contributed by atoms with Crippen LogP contribution in [0.1, 0.15) is 41.2 Å². The van der Waals surface area contributed by atoms with Crippen LogP contribution in [0.15, 0.2) is 54.6 Å². The molecule has 0 amide bonds. The predicted molar refractivity (Wildman–Crippen MR) is 141 cm³/mol. The molecule has 2 heterocycles. The van der Waals surface area contributed by atoms with Crippen molar-refractivity contribution in [1.82, 2.24) is 0 Å². The maximum absolute atomic E-state index is 12.2. The Kier molecular flexibility index (Phi) is 7.09. The number of para-hydroxylation sites is 1. The van der Waals surface area contributed by atoms with Crippen LogP contribution in [0.4, 0.5) is 5.69 Å². The van der Waals surface area contributed by atoms with Crippen molar-refractivity contribution in [1.29, 1.82) is 0 Å². The van der Waals surface area contributed by atoms with Gasteiger partial charge in [0, 0.05) is 37.3 Å². The SMILES string of the molecule is COc1cc(-c2ccc(NC3(C(=O)O)CCOCC3)cc2COC2COc3ccccc32)cc(C)c1C. The molecule has 3 aromatic rings. The van der Waals surface area contributed by atoms with Gasteiger partial charge in [0.25, 0.3) is 0 Å². The molecule has 5 rings (SSSR count). The van der Waals surface area contributed by atoms with Crippen LogP contribution in [0.25, 0.3) is 11.1 Å². The average Bonchev–Trinajstić information content (AvgIpc) is 3.32. The molecular formula is C30H33NO6. The molecule has 1 atom stereocenters. The van der Waals surface area contributed by atoms with Crippen molar-refractivity contribution in [2.75, 3.05) is 32.2 Å². The van der Waals surface area contributed by atoms with E-state index in [0.29, 0.717) is 39.3 Å². The van der Waals surface area contributed by atoms with E-state index in [0.717, 1.165) is 50.6 Å². The molecule has 0 bridgehead atoms. The van der Waals surface area contributed by atoms with E-state index < -0.39 is 11.5 Å². The number of anilines is 1. The first kappa shape index (κ1) is 25.1. The number of aliphatic carboxylic acids is 1. The Balaban J connectivity index is 1.50. The van der Waals surface area contributed by atoms with Gasteiger partial charge in [0.1, 0.15) is 29.7 Å². The standard InChI is InChI=1S/C30H33NO6/c1-19-14-21(16-27(34-3)20(19)2)24-9-8-23(31-30(29(32)33)10-12-35-13-11-30)15-22(24)17-36-28-18-37-26-7-5-4-6-25(26)28/h4-9,14-16,28,31H,10-13,17-18H2,1-3H3,(H,32,33). The highest BCUT2D eigenvalue weighted by atomic mass is 16.5. The second-order valence-electron chi connectivity index (χ2n) is 9.77. The van der Waals surface area contributed by atoms with Crippen LogP contribution in [0.2, 0.25) is 0 Å². The monoisotopic (exact) mass is 503 g/mol. The molecule has 194 valence electrons. The third kappa shape index (κ3) is 5.02. The molecule has 37 heavy (non-hydrogen) atoms. The van der Waals surface area contributed by atoms with E-state index in [-0.39, 0.29) is 6.10 Å². The van der Waals surface area contributed by atoms with Gasteiger partial charge in [-0.2, -0.15) is 0 Å². The van der Waals surface area contributed by atoms with Crippen LogP contribution < -0.4 is 14.8 Å². The number of carboxylic acids is 1. The second-order valence-corrected chi connectivity index (χ2v) is 9.77. The Morgan fingerprint density at radius 3 is 2.65 bits per heavy atom. The van der Waals surface area contributed by atoms with E-state index in [4.69, 9.17) is 18.9 Å². The number of nitrogens with one attached hydrogen (secondary N) is 1. The summed E-state index contributed by atoms with van der Waals surface area (Å²) in [4.78, 5) is 12.2. The minimum Gasteiger partial charge on any atom is -0.496 e. The smallest absolute Gasteiger partial charge is 0.329 e. The van der Waals surface area contributed by atoms with Crippen molar-refractivity contribution in [3.05, 3.63) is 76.9 Å². The number of carbonyl (C=O) groups is 1. The minimum atomic E-state index is -1.06. The van der Waals surface area contributed by atoms with Crippen molar-refractivity contribution in [3.63, 3.8) is 0 Å². The molecule has 0 aromatic heterocycles. The Bertz CT molecular complexity index is 1300. The lowest BCUT2D eigenvalue weighted by Gasteiger charge is -2.35. The van der Waals surface area contributed by atoms with E-state index >= 15 is 0 Å². The van der Waals surface area contributed by atoms with Crippen LogP contribution in [-0.4, -0.2) is 43.5 Å². The van der Waals surface area contributed by atoms with Gasteiger partial charge in [-0.05, 0) is 65.9 Å². The number of hydrogen-bond acceptors (Lipinski definition) is 6. The molecule has 7 nitrogen and oxygen atoms in total. The highest BCUT2D eigenvalue weighted by Crippen LogP contribution is 2.38. The Morgan fingerprint density at radius 1 is 1.11 bits per heavy atom. The lowest BCUT2D eigenvalue weighted by molar-refractivity contribution is -0.145. The van der Waals surface area contributed by atoms with E-state index in [1.165, 1.54) is 0 Å². The maximum Gasteiger partial charge on any atom is 0.329 e. The van der Waals surface area contributed by atoms with E-state index in [9.17, 15) is 9.90 Å². The molecule has 0 aliphatic carbocycles. The molecule has 0 spiro atoms. The van der Waals surface area contributed by atoms with Gasteiger partial charge in [0.2, 0.25) is 0 Å². The van der Waals surface area contributed by atoms with Crippen molar-refractivity contribution in [3.8, 4) is 22.6 Å². The van der Waals surface area contributed by atoms with Gasteiger partial charge < -0.3 is 29.4 Å². The Morgan fingerprint density at radius 2 is 1.89 bits per heavy atom. The molecule has 3 aromatic carbocycles. The van der Waals surface area contributed by atoms with Crippen LogP contribution in [0, 0.1) is 13.8 Å². The number of benzene rings is 3. The number of methoxy groups -OCH3 is 1. The largest absolute Gasteiger partial charge is 0.496 e. The van der Waals surface area contributed by atoms with Gasteiger partial charge >= 0.3 is 5.97 Å². The summed E-state index contributed by atoms with van der Waals surface area (Å²) >= 11 is 0. The second kappa shape index (κ2) is 10.4. The van der Waals surface area contributed by atoms with Gasteiger partial charge in [0.05, 0.1) is 13.7 Å². The number of aryl methyl sites for hydroxylation is 1. The van der Waals surface area contributed by atoms with Crippen molar-refractivity contribution < 1.29 is 28.8 Å². The number of carboxylic acid groups (broad SMARTS) is 1. The molecule has 7 heteroatoms. The summed E-state index contributed by atoms with van der Waals surface area (Å²) in [5.41, 5.74) is 5.94. The predicted octanol–water partition coefficient (Wildman–Crippen LogP) is 5.68. The summed E-state index contributed by atoms with van der Waals surface area (Å²) in [6, 6.07) is 18.1. The maximum atomic E-state index is 12.2. The third-order valence-electron chi connectivity index (χ3n) is 7.49. The highest BCUT2D eigenvalue weighted by Gasteiger charge is 2.40. The van der Waals surface area contributed by atoms with Gasteiger partial charge in [-0.1, -0.05) is 30.3 Å². The zero-order valence-corrected chi connectivity index (χ0v) is 21.5. The van der Waals surface area contributed by atoms with Gasteiger partial charge in [-0.3, -0.25) is 0 Å². The van der Waals surface area contributed by atoms with Gasteiger partial charge in [0.15, 0.2) is 0 Å². The van der Waals surface area contributed by atoms with Gasteiger partial charge in [-0.15, -0.1) is 0 Å². The Hall–Kier alpha value is -3.55. The average molecular weight is 504 g/mol. The summed E-state index contributed by atoms with van der Waals surface area (Å²) in [5, 5.41) is 13.4. The molecule has 0 radical (unpaired) electrons. The van der Waals surface area contributed by atoms with Gasteiger partial charge in [-0.25, -0.2) is 4.79 Å². The summed E-state index contributed by atoms with van der Waals surface area (Å²) in [7, 11) is 1.68. The van der Waals surface area contributed by atoms with E-state index in [1.807, 2.05) is 55.5 Å². The molecule has 2 N–H and O–H groups in total. The number of rotatable bonds is 8. The van der Waals surface area contributed by atoms with Crippen LogP contribution in [-0.2, 0) is 20.9 Å². The van der Waals surface area contributed by atoms with Crippen molar-refractivity contribution in [2.24, 2.45) is 0 Å². The third-order valence-corrected chi connectivity index (χ3v) is 7.49. The van der Waals surface area contributed by atoms with E-state index in [2.05, 4.69) is 18.3 Å². The van der Waals surface area contributed by atoms with E-state index in [1.54, 1.807) is 7.11 Å². The number of ether oxygens (including phenoxy) is 4. The quantitative estimate of drug-likeness (QED) is 0.409. The normalized spacial score (nSPS) is 18.1. The molecule has 1 saturated heterocycles. The molecule has 1 fully saturated rings. The Labute approximate surface area is 217 Å². The zero-order chi connectivity index (χ0) is 26.0. The van der Waals surface area contributed by atoms with Crippen LogP contribution >= 0.6 is 0 Å². The molecule has 1 unspecified atom stereocenters. The van der Waals surface area contributed by atoms with Crippen LogP contribution in [0.3, 0.4) is 0 Å². The molecular weight excluding hydrogens is 470 g/mol. The summed E-state index contributed by atoms with van der Waals surface area (Å²) < 4.78 is 23.3. The lowest BCUT2D eigenvalue weighted by atomic mass is 9.89. The molecule has 2 aliphatic heterocycles. The fraction of sp³-hybridized carbons (Fsp3) is 0.367. The summed E-state index contributed by atoms with van der Waals surface area (Å²) in [6.45, 7) is 5.75. The fourth-order valence-corrected chi connectivity index (χ4v) is 5.12.